The Morgan fingerprint density at radius 2 is 2.19 bits per heavy atom. The monoisotopic (exact) mass is 381 g/mol. The minimum atomic E-state index is -0.242. The number of carbonyl (C=O) groups excluding carboxylic acids is 1. The van der Waals surface area contributed by atoms with E-state index in [9.17, 15) is 4.79 Å². The normalized spacial score (nSPS) is 17.0. The van der Waals surface area contributed by atoms with Crippen molar-refractivity contribution in [2.45, 2.75) is 46.1 Å². The second-order valence-corrected chi connectivity index (χ2v) is 6.60. The highest BCUT2D eigenvalue weighted by Crippen LogP contribution is 2.21. The number of piperidine rings is 1. The Balaban J connectivity index is 0.00000243. The highest BCUT2D eigenvalue weighted by atomic mass is 35.5. The minimum absolute atomic E-state index is 0. The van der Waals surface area contributed by atoms with Gasteiger partial charge in [0.1, 0.15) is 5.82 Å². The minimum Gasteiger partial charge on any atom is -0.316 e. The zero-order chi connectivity index (χ0) is 17.8. The molecule has 1 aliphatic heterocycles. The largest absolute Gasteiger partial charge is 0.316 e. The van der Waals surface area contributed by atoms with Crippen molar-refractivity contribution < 1.29 is 4.79 Å². The molecule has 26 heavy (non-hydrogen) atoms. The standard InChI is InChI=1S/C17H27N7O.ClH/c1-4-13-14(5-2)21-23(3)16(13)19-17(25)15-11-24(22-20-15)10-12-7-6-8-18-9-12;/h11-12,18H,4-10H2,1-3H3,(H,19,25);1H. The van der Waals surface area contributed by atoms with Crippen LogP contribution < -0.4 is 10.6 Å². The first-order chi connectivity index (χ1) is 12.1. The average Bonchev–Trinajstić information content (AvgIpc) is 3.20. The van der Waals surface area contributed by atoms with Crippen molar-refractivity contribution >= 4 is 24.1 Å². The van der Waals surface area contributed by atoms with E-state index in [1.54, 1.807) is 15.6 Å². The average molecular weight is 382 g/mol. The zero-order valence-electron chi connectivity index (χ0n) is 15.7. The van der Waals surface area contributed by atoms with Gasteiger partial charge in [-0.25, -0.2) is 0 Å². The molecule has 2 aromatic heterocycles. The first-order valence-corrected chi connectivity index (χ1v) is 9.09. The molecule has 0 bridgehead atoms. The first kappa shape index (κ1) is 20.4. The lowest BCUT2D eigenvalue weighted by atomic mass is 10.00. The van der Waals surface area contributed by atoms with Gasteiger partial charge in [-0.15, -0.1) is 17.5 Å². The van der Waals surface area contributed by atoms with Crippen molar-refractivity contribution in [3.05, 3.63) is 23.1 Å². The predicted molar refractivity (Wildman–Crippen MR) is 103 cm³/mol. The van der Waals surface area contributed by atoms with Gasteiger partial charge in [0.2, 0.25) is 0 Å². The Labute approximate surface area is 160 Å². The summed E-state index contributed by atoms with van der Waals surface area (Å²) in [6, 6.07) is 0. The molecule has 2 aromatic rings. The molecule has 8 nitrogen and oxygen atoms in total. The molecule has 0 spiro atoms. The van der Waals surface area contributed by atoms with E-state index in [0.717, 1.165) is 49.6 Å². The van der Waals surface area contributed by atoms with Crippen molar-refractivity contribution in [3.63, 3.8) is 0 Å². The molecule has 1 fully saturated rings. The highest BCUT2D eigenvalue weighted by Gasteiger charge is 2.19. The maximum absolute atomic E-state index is 12.6. The second kappa shape index (κ2) is 9.14. The number of hydrogen-bond donors (Lipinski definition) is 2. The van der Waals surface area contributed by atoms with Crippen LogP contribution in [-0.2, 0) is 26.4 Å². The third-order valence-electron chi connectivity index (χ3n) is 4.76. The van der Waals surface area contributed by atoms with Crippen LogP contribution in [0.15, 0.2) is 6.20 Å². The van der Waals surface area contributed by atoms with E-state index in [-0.39, 0.29) is 18.3 Å². The van der Waals surface area contributed by atoms with E-state index >= 15 is 0 Å². The fraction of sp³-hybridized carbons (Fsp3) is 0.647. The van der Waals surface area contributed by atoms with E-state index in [0.29, 0.717) is 11.6 Å². The third kappa shape index (κ3) is 4.42. The van der Waals surface area contributed by atoms with E-state index in [1.165, 1.54) is 12.8 Å². The molecule has 3 heterocycles. The number of nitrogens with one attached hydrogen (secondary N) is 2. The van der Waals surface area contributed by atoms with Crippen LogP contribution in [0.25, 0.3) is 0 Å². The van der Waals surface area contributed by atoms with Gasteiger partial charge in [0.15, 0.2) is 5.69 Å². The Morgan fingerprint density at radius 3 is 2.85 bits per heavy atom. The summed E-state index contributed by atoms with van der Waals surface area (Å²) < 4.78 is 3.50. The number of halogens is 1. The molecule has 1 saturated heterocycles. The summed E-state index contributed by atoms with van der Waals surface area (Å²) in [5, 5.41) is 19.0. The van der Waals surface area contributed by atoms with Gasteiger partial charge in [0.25, 0.3) is 5.91 Å². The predicted octanol–water partition coefficient (Wildman–Crippen LogP) is 1.81. The lowest BCUT2D eigenvalue weighted by Crippen LogP contribution is -2.32. The lowest BCUT2D eigenvalue weighted by molar-refractivity contribution is 0.102. The molecule has 144 valence electrons. The second-order valence-electron chi connectivity index (χ2n) is 6.60. The molecule has 1 atom stereocenters. The Bertz CT molecular complexity index is 734. The van der Waals surface area contributed by atoms with Crippen LogP contribution in [0.4, 0.5) is 5.82 Å². The molecule has 1 amide bonds. The number of aromatic nitrogens is 5. The molecular formula is C17H28ClN7O. The summed E-state index contributed by atoms with van der Waals surface area (Å²) in [5.74, 6) is 1.05. The van der Waals surface area contributed by atoms with Gasteiger partial charge in [-0.1, -0.05) is 19.1 Å². The van der Waals surface area contributed by atoms with Crippen molar-refractivity contribution in [3.8, 4) is 0 Å². The lowest BCUT2D eigenvalue weighted by Gasteiger charge is -2.22. The van der Waals surface area contributed by atoms with Crippen LogP contribution in [0, 0.1) is 5.92 Å². The van der Waals surface area contributed by atoms with Gasteiger partial charge in [-0.3, -0.25) is 14.2 Å². The van der Waals surface area contributed by atoms with Gasteiger partial charge < -0.3 is 10.6 Å². The number of carbonyl (C=O) groups is 1. The fourth-order valence-electron chi connectivity index (χ4n) is 3.44. The van der Waals surface area contributed by atoms with Crippen LogP contribution in [0.2, 0.25) is 0 Å². The molecule has 2 N–H and O–H groups in total. The Kier molecular flexibility index (Phi) is 7.16. The van der Waals surface area contributed by atoms with E-state index in [2.05, 4.69) is 39.9 Å². The molecule has 0 radical (unpaired) electrons. The summed E-state index contributed by atoms with van der Waals surface area (Å²) in [7, 11) is 1.85. The molecule has 1 unspecified atom stereocenters. The molecule has 1 aliphatic rings. The van der Waals surface area contributed by atoms with Gasteiger partial charge >= 0.3 is 0 Å². The van der Waals surface area contributed by atoms with Gasteiger partial charge in [-0.2, -0.15) is 5.10 Å². The Morgan fingerprint density at radius 1 is 1.38 bits per heavy atom. The summed E-state index contributed by atoms with van der Waals surface area (Å²) in [5.41, 5.74) is 2.44. The SMILES string of the molecule is CCc1nn(C)c(NC(=O)c2cn(CC3CCCNC3)nn2)c1CC.Cl. The van der Waals surface area contributed by atoms with Gasteiger partial charge in [-0.05, 0) is 44.7 Å². The number of hydrogen-bond acceptors (Lipinski definition) is 5. The van der Waals surface area contributed by atoms with E-state index in [1.807, 2.05) is 7.05 Å². The van der Waals surface area contributed by atoms with Crippen molar-refractivity contribution in [1.82, 2.24) is 30.1 Å². The van der Waals surface area contributed by atoms with E-state index in [4.69, 9.17) is 0 Å². The maximum Gasteiger partial charge on any atom is 0.278 e. The number of nitrogens with zero attached hydrogens (tertiary/aromatic N) is 5. The van der Waals surface area contributed by atoms with Crippen LogP contribution in [-0.4, -0.2) is 43.8 Å². The Hall–Kier alpha value is -1.93. The maximum atomic E-state index is 12.6. The smallest absolute Gasteiger partial charge is 0.278 e. The quantitative estimate of drug-likeness (QED) is 0.796. The summed E-state index contributed by atoms with van der Waals surface area (Å²) >= 11 is 0. The summed E-state index contributed by atoms with van der Waals surface area (Å²) in [6.45, 7) is 7.01. The molecule has 0 aromatic carbocycles. The molecule has 9 heteroatoms. The van der Waals surface area contributed by atoms with Crippen LogP contribution in [0.5, 0.6) is 0 Å². The third-order valence-corrected chi connectivity index (χ3v) is 4.76. The van der Waals surface area contributed by atoms with Crippen LogP contribution in [0.3, 0.4) is 0 Å². The van der Waals surface area contributed by atoms with Gasteiger partial charge in [0, 0.05) is 19.2 Å². The molecular weight excluding hydrogens is 354 g/mol. The zero-order valence-corrected chi connectivity index (χ0v) is 16.5. The van der Waals surface area contributed by atoms with Crippen LogP contribution in [0.1, 0.15) is 48.4 Å². The summed E-state index contributed by atoms with van der Waals surface area (Å²) in [4.78, 5) is 12.6. The highest BCUT2D eigenvalue weighted by molar-refractivity contribution is 6.02. The van der Waals surface area contributed by atoms with Crippen molar-refractivity contribution in [2.75, 3.05) is 18.4 Å². The number of anilines is 1. The molecule has 0 aliphatic carbocycles. The topological polar surface area (TPSA) is 89.7 Å². The number of rotatable bonds is 6. The molecule has 3 rings (SSSR count). The van der Waals surface area contributed by atoms with Gasteiger partial charge in [0.05, 0.1) is 11.9 Å². The first-order valence-electron chi connectivity index (χ1n) is 9.09. The van der Waals surface area contributed by atoms with Crippen LogP contribution >= 0.6 is 12.4 Å². The van der Waals surface area contributed by atoms with Crippen molar-refractivity contribution in [1.29, 1.82) is 0 Å². The van der Waals surface area contributed by atoms with E-state index < -0.39 is 0 Å². The number of amides is 1. The molecule has 0 saturated carbocycles. The fourth-order valence-corrected chi connectivity index (χ4v) is 3.44. The number of aryl methyl sites for hydroxylation is 2. The van der Waals surface area contributed by atoms with Crippen molar-refractivity contribution in [2.24, 2.45) is 13.0 Å². The summed E-state index contributed by atoms with van der Waals surface area (Å²) in [6.07, 6.45) is 5.77.